The van der Waals surface area contributed by atoms with Gasteiger partial charge in [0, 0.05) is 16.3 Å². The minimum absolute atomic E-state index is 0.197. The van der Waals surface area contributed by atoms with Crippen LogP contribution < -0.4 is 5.32 Å². The van der Waals surface area contributed by atoms with Crippen LogP contribution in [0, 0.1) is 5.92 Å². The zero-order chi connectivity index (χ0) is 20.1. The van der Waals surface area contributed by atoms with Crippen LogP contribution in [0.15, 0.2) is 23.6 Å². The number of nitrogens with zero attached hydrogens (tertiary/aromatic N) is 1. The summed E-state index contributed by atoms with van der Waals surface area (Å²) in [5, 5.41) is 6.97. The van der Waals surface area contributed by atoms with Crippen molar-refractivity contribution in [2.75, 3.05) is 25.0 Å². The smallest absolute Gasteiger partial charge is 0.227 e. The van der Waals surface area contributed by atoms with Crippen LogP contribution in [0.25, 0.3) is 10.1 Å². The number of carbonyl (C=O) groups is 1. The number of thiophene rings is 1. The van der Waals surface area contributed by atoms with Gasteiger partial charge in [-0.05, 0) is 92.2 Å². The zero-order valence-electron chi connectivity index (χ0n) is 17.9. The number of nitrogens with one attached hydrogen (secondary N) is 1. The molecule has 1 aliphatic carbocycles. The molecule has 0 atom stereocenters. The summed E-state index contributed by atoms with van der Waals surface area (Å²) in [7, 11) is 0. The maximum absolute atomic E-state index is 12.8. The van der Waals surface area contributed by atoms with E-state index in [1.54, 1.807) is 0 Å². The Bertz CT molecular complexity index is 798. The van der Waals surface area contributed by atoms with Crippen LogP contribution in [-0.2, 0) is 4.79 Å². The van der Waals surface area contributed by atoms with E-state index >= 15 is 0 Å². The van der Waals surface area contributed by atoms with Gasteiger partial charge in [0.1, 0.15) is 0 Å². The maximum atomic E-state index is 12.8. The molecule has 1 N–H and O–H groups in total. The fourth-order valence-electron chi connectivity index (χ4n) is 5.08. The molecule has 1 saturated heterocycles. The number of anilines is 1. The minimum atomic E-state index is 0.197. The Morgan fingerprint density at radius 3 is 2.59 bits per heavy atom. The van der Waals surface area contributed by atoms with Crippen LogP contribution in [0.3, 0.4) is 0 Å². The highest BCUT2D eigenvalue weighted by molar-refractivity contribution is 7.17. The van der Waals surface area contributed by atoms with Crippen LogP contribution in [0.5, 0.6) is 0 Å². The predicted octanol–water partition coefficient (Wildman–Crippen LogP) is 6.79. The van der Waals surface area contributed by atoms with Gasteiger partial charge >= 0.3 is 0 Å². The van der Waals surface area contributed by atoms with Crippen molar-refractivity contribution >= 4 is 33.0 Å². The molecule has 4 heteroatoms. The first-order chi connectivity index (χ1) is 14.2. The molecule has 158 valence electrons. The molecule has 2 fully saturated rings. The number of piperidine rings is 1. The number of likely N-dealkylation sites (tertiary alicyclic amines) is 1. The second-order valence-corrected chi connectivity index (χ2v) is 9.96. The van der Waals surface area contributed by atoms with E-state index in [9.17, 15) is 4.79 Å². The van der Waals surface area contributed by atoms with E-state index in [1.165, 1.54) is 86.7 Å². The first-order valence-electron chi connectivity index (χ1n) is 11.8. The molecule has 4 rings (SSSR count). The number of benzene rings is 1. The van der Waals surface area contributed by atoms with Gasteiger partial charge < -0.3 is 10.2 Å². The Morgan fingerprint density at radius 2 is 1.86 bits per heavy atom. The number of unbranched alkanes of at least 4 members (excludes halogenated alkanes) is 1. The first-order valence-corrected chi connectivity index (χ1v) is 12.7. The van der Waals surface area contributed by atoms with Crippen LogP contribution in [0.2, 0.25) is 0 Å². The van der Waals surface area contributed by atoms with Crippen LogP contribution in [0.1, 0.15) is 82.6 Å². The summed E-state index contributed by atoms with van der Waals surface area (Å²) in [6.45, 7) is 5.97. The molecule has 2 aliphatic rings. The van der Waals surface area contributed by atoms with Crippen molar-refractivity contribution in [3.05, 3.63) is 29.1 Å². The highest BCUT2D eigenvalue weighted by atomic mass is 32.1. The van der Waals surface area contributed by atoms with Gasteiger partial charge in [-0.2, -0.15) is 0 Å². The van der Waals surface area contributed by atoms with Crippen molar-refractivity contribution in [3.63, 3.8) is 0 Å². The van der Waals surface area contributed by atoms with E-state index in [-0.39, 0.29) is 11.8 Å². The molecule has 0 bridgehead atoms. The predicted molar refractivity (Wildman–Crippen MR) is 125 cm³/mol. The van der Waals surface area contributed by atoms with Gasteiger partial charge in [0.2, 0.25) is 5.91 Å². The average molecular weight is 413 g/mol. The third kappa shape index (κ3) is 5.21. The second-order valence-electron chi connectivity index (χ2n) is 9.05. The summed E-state index contributed by atoms with van der Waals surface area (Å²) < 4.78 is 1.35. The Labute approximate surface area is 179 Å². The lowest BCUT2D eigenvalue weighted by molar-refractivity contribution is -0.120. The molecule has 1 aromatic heterocycles. The van der Waals surface area contributed by atoms with Crippen LogP contribution >= 0.6 is 11.3 Å². The third-order valence-corrected chi connectivity index (χ3v) is 7.93. The molecule has 29 heavy (non-hydrogen) atoms. The van der Waals surface area contributed by atoms with Crippen molar-refractivity contribution in [1.29, 1.82) is 0 Å². The molecule has 1 saturated carbocycles. The summed E-state index contributed by atoms with van der Waals surface area (Å²) in [5.74, 6) is 1.09. The lowest BCUT2D eigenvalue weighted by atomic mass is 9.89. The van der Waals surface area contributed by atoms with Gasteiger partial charge in [-0.15, -0.1) is 11.3 Å². The Kier molecular flexibility index (Phi) is 7.25. The van der Waals surface area contributed by atoms with E-state index in [4.69, 9.17) is 0 Å². The van der Waals surface area contributed by atoms with Gasteiger partial charge in [0.15, 0.2) is 0 Å². The molecular weight excluding hydrogens is 376 g/mol. The SMILES string of the molecule is CCCCN1CCC(c2csc3ccc(NC(=O)C4CCCCCC4)cc23)CC1. The van der Waals surface area contributed by atoms with Gasteiger partial charge in [-0.3, -0.25) is 4.79 Å². The van der Waals surface area contributed by atoms with Crippen LogP contribution in [-0.4, -0.2) is 30.4 Å². The van der Waals surface area contributed by atoms with E-state index in [0.29, 0.717) is 5.92 Å². The van der Waals surface area contributed by atoms with Crippen molar-refractivity contribution in [1.82, 2.24) is 4.90 Å². The number of hydrogen-bond acceptors (Lipinski definition) is 3. The standard InChI is InChI=1S/C25H36N2OS/c1-2-3-14-27-15-12-19(13-16-27)23-18-29-24-11-10-21(17-22(23)24)26-25(28)20-8-6-4-5-7-9-20/h10-11,17-20H,2-9,12-16H2,1H3,(H,26,28). The topological polar surface area (TPSA) is 32.3 Å². The van der Waals surface area contributed by atoms with Gasteiger partial charge in [-0.1, -0.05) is 39.0 Å². The molecule has 0 radical (unpaired) electrons. The van der Waals surface area contributed by atoms with Gasteiger partial charge in [0.25, 0.3) is 0 Å². The van der Waals surface area contributed by atoms with E-state index in [0.717, 1.165) is 18.5 Å². The number of amides is 1. The highest BCUT2D eigenvalue weighted by Gasteiger charge is 2.23. The molecule has 2 aromatic rings. The van der Waals surface area contributed by atoms with Crippen molar-refractivity contribution in [2.45, 2.75) is 77.0 Å². The highest BCUT2D eigenvalue weighted by Crippen LogP contribution is 2.38. The minimum Gasteiger partial charge on any atom is -0.326 e. The van der Waals surface area contributed by atoms with Crippen molar-refractivity contribution < 1.29 is 4.79 Å². The monoisotopic (exact) mass is 412 g/mol. The first kappa shape index (κ1) is 20.9. The van der Waals surface area contributed by atoms with E-state index in [1.807, 2.05) is 11.3 Å². The Balaban J connectivity index is 1.43. The molecule has 0 spiro atoms. The normalized spacial score (nSPS) is 20.0. The lowest BCUT2D eigenvalue weighted by Crippen LogP contribution is -2.33. The molecule has 1 aliphatic heterocycles. The fourth-order valence-corrected chi connectivity index (χ4v) is 6.10. The van der Waals surface area contributed by atoms with Gasteiger partial charge in [-0.25, -0.2) is 0 Å². The summed E-state index contributed by atoms with van der Waals surface area (Å²) in [6.07, 6.45) is 12.2. The summed E-state index contributed by atoms with van der Waals surface area (Å²) >= 11 is 1.85. The van der Waals surface area contributed by atoms with Crippen molar-refractivity contribution in [3.8, 4) is 0 Å². The molecule has 1 amide bonds. The maximum Gasteiger partial charge on any atom is 0.227 e. The van der Waals surface area contributed by atoms with Crippen LogP contribution in [0.4, 0.5) is 5.69 Å². The largest absolute Gasteiger partial charge is 0.326 e. The number of rotatable bonds is 6. The average Bonchev–Trinajstić information content (AvgIpc) is 2.97. The summed E-state index contributed by atoms with van der Waals surface area (Å²) in [4.78, 5) is 15.4. The van der Waals surface area contributed by atoms with E-state index < -0.39 is 0 Å². The second kappa shape index (κ2) is 10.1. The molecule has 3 nitrogen and oxygen atoms in total. The molecule has 1 aromatic carbocycles. The number of carbonyl (C=O) groups excluding carboxylic acids is 1. The third-order valence-electron chi connectivity index (χ3n) is 6.95. The van der Waals surface area contributed by atoms with Crippen molar-refractivity contribution in [2.24, 2.45) is 5.92 Å². The molecule has 0 unspecified atom stereocenters. The molecule has 2 heterocycles. The quantitative estimate of drug-likeness (QED) is 0.530. The lowest BCUT2D eigenvalue weighted by Gasteiger charge is -2.32. The van der Waals surface area contributed by atoms with E-state index in [2.05, 4.69) is 40.7 Å². The molecular formula is C25H36N2OS. The summed E-state index contributed by atoms with van der Waals surface area (Å²) in [6, 6.07) is 6.52. The summed E-state index contributed by atoms with van der Waals surface area (Å²) in [5.41, 5.74) is 2.48. The number of hydrogen-bond donors (Lipinski definition) is 1. The fraction of sp³-hybridized carbons (Fsp3) is 0.640. The van der Waals surface area contributed by atoms with Gasteiger partial charge in [0.05, 0.1) is 0 Å². The Hall–Kier alpha value is -1.39. The zero-order valence-corrected chi connectivity index (χ0v) is 18.7. The number of fused-ring (bicyclic) bond motifs is 1. The Morgan fingerprint density at radius 1 is 1.10 bits per heavy atom.